The summed E-state index contributed by atoms with van der Waals surface area (Å²) >= 11 is 0. The third kappa shape index (κ3) is 41.8. The third-order valence-corrected chi connectivity index (χ3v) is 11.3. The highest BCUT2D eigenvalue weighted by Crippen LogP contribution is 2.20. The molecule has 4 nitrogen and oxygen atoms in total. The van der Waals surface area contributed by atoms with Crippen molar-refractivity contribution in [1.29, 1.82) is 0 Å². The third-order valence-electron chi connectivity index (χ3n) is 11.3. The van der Waals surface area contributed by atoms with Crippen LogP contribution in [-0.2, 0) is 19.1 Å². The zero-order valence-electron chi connectivity index (χ0n) is 37.1. The van der Waals surface area contributed by atoms with Gasteiger partial charge in [0.05, 0.1) is 25.6 Å². The molecule has 4 heteroatoms. The topological polar surface area (TPSA) is 52.6 Å². The van der Waals surface area contributed by atoms with E-state index in [2.05, 4.69) is 32.9 Å². The van der Waals surface area contributed by atoms with Gasteiger partial charge in [-0.25, -0.2) is 0 Å². The number of hydrogen-bond donors (Lipinski definition) is 0. The van der Waals surface area contributed by atoms with Crippen LogP contribution in [0.5, 0.6) is 0 Å². The van der Waals surface area contributed by atoms with E-state index in [9.17, 15) is 9.59 Å². The average Bonchev–Trinajstić information content (AvgIpc) is 3.17. The summed E-state index contributed by atoms with van der Waals surface area (Å²) < 4.78 is 11.4. The molecule has 0 rings (SSSR count). The van der Waals surface area contributed by atoms with E-state index in [0.717, 1.165) is 44.9 Å². The molecular weight excluding hydrogens is 665 g/mol. The van der Waals surface area contributed by atoms with Crippen molar-refractivity contribution >= 4 is 11.9 Å². The van der Waals surface area contributed by atoms with Crippen LogP contribution in [0.4, 0.5) is 0 Å². The molecule has 0 fully saturated rings. The summed E-state index contributed by atoms with van der Waals surface area (Å²) in [6.45, 7) is 7.75. The number of esters is 2. The van der Waals surface area contributed by atoms with Crippen LogP contribution in [0.2, 0.25) is 0 Å². The molecule has 0 spiro atoms. The first-order valence-electron chi connectivity index (χ1n) is 24.6. The monoisotopic (exact) mass is 761 g/mol. The molecule has 0 heterocycles. The first-order valence-corrected chi connectivity index (χ1v) is 24.6. The van der Waals surface area contributed by atoms with Crippen LogP contribution >= 0.6 is 0 Å². The quantitative estimate of drug-likeness (QED) is 0.0352. The van der Waals surface area contributed by atoms with Gasteiger partial charge in [0.1, 0.15) is 0 Å². The van der Waals surface area contributed by atoms with Gasteiger partial charge in [0.2, 0.25) is 0 Å². The van der Waals surface area contributed by atoms with Crippen LogP contribution in [0.25, 0.3) is 0 Å². The smallest absolute Gasteiger partial charge is 0.309 e. The maximum atomic E-state index is 13.1. The molecule has 0 aliphatic carbocycles. The Balaban J connectivity index is 4.19. The number of hydrogen-bond acceptors (Lipinski definition) is 4. The molecule has 0 saturated carbocycles. The molecule has 1 unspecified atom stereocenters. The Kier molecular flexibility index (Phi) is 44.9. The Morgan fingerprint density at radius 2 is 0.704 bits per heavy atom. The molecule has 0 amide bonds. The largest absolute Gasteiger partial charge is 0.466 e. The Morgan fingerprint density at radius 1 is 0.370 bits per heavy atom. The van der Waals surface area contributed by atoms with Gasteiger partial charge in [-0.3, -0.25) is 9.59 Å². The van der Waals surface area contributed by atoms with Crippen LogP contribution in [0.3, 0.4) is 0 Å². The van der Waals surface area contributed by atoms with Crippen LogP contribution < -0.4 is 0 Å². The number of carbonyl (C=O) groups excluding carboxylic acids is 2. The van der Waals surface area contributed by atoms with E-state index in [0.29, 0.717) is 13.2 Å². The lowest BCUT2D eigenvalue weighted by Gasteiger charge is -2.16. The van der Waals surface area contributed by atoms with Gasteiger partial charge < -0.3 is 9.47 Å². The molecule has 0 aliphatic heterocycles. The van der Waals surface area contributed by atoms with E-state index in [1.807, 2.05) is 0 Å². The minimum atomic E-state index is -0.361. The van der Waals surface area contributed by atoms with Gasteiger partial charge in [-0.05, 0) is 38.5 Å². The fourth-order valence-electron chi connectivity index (χ4n) is 7.57. The number of carbonyl (C=O) groups is 2. The van der Waals surface area contributed by atoms with E-state index >= 15 is 0 Å². The number of ether oxygens (including phenoxy) is 2. The Labute approximate surface area is 338 Å². The van der Waals surface area contributed by atoms with Gasteiger partial charge in [-0.2, -0.15) is 0 Å². The minimum Gasteiger partial charge on any atom is -0.466 e. The summed E-state index contributed by atoms with van der Waals surface area (Å²) in [5.74, 6) is -0.768. The van der Waals surface area contributed by atoms with Gasteiger partial charge in [0.15, 0.2) is 0 Å². The zero-order chi connectivity index (χ0) is 39.3. The fourth-order valence-corrected chi connectivity index (χ4v) is 7.57. The summed E-state index contributed by atoms with van der Waals surface area (Å²) in [5.41, 5.74) is 0. The van der Waals surface area contributed by atoms with Gasteiger partial charge in [-0.1, -0.05) is 245 Å². The fraction of sp³-hybridized carbons (Fsp3) is 0.920. The van der Waals surface area contributed by atoms with Crippen molar-refractivity contribution in [3.63, 3.8) is 0 Å². The highest BCUT2D eigenvalue weighted by atomic mass is 16.5. The van der Waals surface area contributed by atoms with Gasteiger partial charge >= 0.3 is 11.9 Å². The number of allylic oxidation sites excluding steroid dienone is 2. The van der Waals surface area contributed by atoms with E-state index in [-0.39, 0.29) is 24.3 Å². The van der Waals surface area contributed by atoms with Crippen molar-refractivity contribution in [2.45, 2.75) is 278 Å². The van der Waals surface area contributed by atoms with Crippen molar-refractivity contribution in [3.8, 4) is 0 Å². The molecule has 0 saturated heterocycles. The van der Waals surface area contributed by atoms with Crippen LogP contribution in [0.15, 0.2) is 12.2 Å². The van der Waals surface area contributed by atoms with Crippen LogP contribution in [-0.4, -0.2) is 25.2 Å². The second kappa shape index (κ2) is 46.1. The van der Waals surface area contributed by atoms with Crippen molar-refractivity contribution < 1.29 is 19.1 Å². The van der Waals surface area contributed by atoms with Gasteiger partial charge in [0.25, 0.3) is 0 Å². The lowest BCUT2D eigenvalue weighted by atomic mass is 9.97. The first kappa shape index (κ1) is 52.7. The van der Waals surface area contributed by atoms with E-state index in [4.69, 9.17) is 9.47 Å². The van der Waals surface area contributed by atoms with Crippen molar-refractivity contribution in [1.82, 2.24) is 0 Å². The van der Waals surface area contributed by atoms with Crippen LogP contribution in [0, 0.1) is 5.92 Å². The molecule has 0 aromatic carbocycles. The summed E-state index contributed by atoms with van der Waals surface area (Å²) in [5, 5.41) is 0. The normalized spacial score (nSPS) is 12.1. The van der Waals surface area contributed by atoms with E-state index < -0.39 is 0 Å². The summed E-state index contributed by atoms with van der Waals surface area (Å²) in [6.07, 6.45) is 54.4. The highest BCUT2D eigenvalue weighted by Gasteiger charge is 2.24. The molecular formula is C50H96O4. The molecule has 0 aliphatic rings. The van der Waals surface area contributed by atoms with E-state index in [1.54, 1.807) is 0 Å². The first-order chi connectivity index (χ1) is 26.7. The Morgan fingerprint density at radius 3 is 1.11 bits per heavy atom. The molecule has 1 atom stereocenters. The molecule has 0 aromatic rings. The molecule has 0 N–H and O–H groups in total. The summed E-state index contributed by atoms with van der Waals surface area (Å²) in [4.78, 5) is 25.9. The maximum absolute atomic E-state index is 13.1. The predicted octanol–water partition coefficient (Wildman–Crippen LogP) is 16.9. The number of unbranched alkanes of at least 4 members (excludes halogenated alkanes) is 34. The molecule has 0 radical (unpaired) electrons. The highest BCUT2D eigenvalue weighted by molar-refractivity contribution is 5.79. The maximum Gasteiger partial charge on any atom is 0.309 e. The van der Waals surface area contributed by atoms with Crippen LogP contribution in [0.1, 0.15) is 278 Å². The molecule has 320 valence electrons. The summed E-state index contributed by atoms with van der Waals surface area (Å²) in [6, 6.07) is 0. The second-order valence-electron chi connectivity index (χ2n) is 16.8. The van der Waals surface area contributed by atoms with Gasteiger partial charge in [0, 0.05) is 0 Å². The van der Waals surface area contributed by atoms with Crippen molar-refractivity contribution in [2.24, 2.45) is 5.92 Å². The molecule has 54 heavy (non-hydrogen) atoms. The average molecular weight is 761 g/mol. The Hall–Kier alpha value is -1.32. The number of rotatable bonds is 45. The van der Waals surface area contributed by atoms with Crippen molar-refractivity contribution in [3.05, 3.63) is 12.2 Å². The lowest BCUT2D eigenvalue weighted by molar-refractivity contribution is -0.155. The minimum absolute atomic E-state index is 0.172. The summed E-state index contributed by atoms with van der Waals surface area (Å²) in [7, 11) is 0. The zero-order valence-corrected chi connectivity index (χ0v) is 37.1. The Bertz CT molecular complexity index is 777. The molecule has 0 bridgehead atoms. The molecule has 0 aromatic heterocycles. The van der Waals surface area contributed by atoms with E-state index in [1.165, 1.54) is 205 Å². The lowest BCUT2D eigenvalue weighted by Crippen LogP contribution is -2.23. The van der Waals surface area contributed by atoms with Gasteiger partial charge in [-0.15, -0.1) is 0 Å². The standard InChI is InChI=1S/C50H96O4/c1-4-7-10-13-16-19-22-23-24-25-26-27-28-29-32-35-38-41-44-48(50(52)54-46-43-40-37-34-31-21-18-15-12-9-6-3)47-49(51)53-45-42-39-36-33-30-20-17-14-11-8-5-2/h10,13,48H,4-9,11-12,14-47H2,1-3H3/b13-10+. The predicted molar refractivity (Wildman–Crippen MR) is 236 cm³/mol. The second-order valence-corrected chi connectivity index (χ2v) is 16.8. The SMILES string of the molecule is CCC/C=C/CCCCCCCCCCCCCCCC(CC(=O)OCCCCCCCCCCCCC)C(=O)OCCCCCCCCCCCCC. The van der Waals surface area contributed by atoms with Crippen molar-refractivity contribution in [2.75, 3.05) is 13.2 Å².